The molecule has 1 N–H and O–H groups in total. The lowest BCUT2D eigenvalue weighted by Gasteiger charge is -2.28. The quantitative estimate of drug-likeness (QED) is 0.939. The maximum absolute atomic E-state index is 12.6. The monoisotopic (exact) mass is 327 g/mol. The van der Waals surface area contributed by atoms with Crippen LogP contribution in [0.4, 0.5) is 10.5 Å². The van der Waals surface area contributed by atoms with E-state index >= 15 is 0 Å². The van der Waals surface area contributed by atoms with Gasteiger partial charge in [-0.2, -0.15) is 0 Å². The fraction of sp³-hybridized carbons (Fsp3) is 0.333. The van der Waals surface area contributed by atoms with Crippen molar-refractivity contribution in [2.75, 3.05) is 32.1 Å². The van der Waals surface area contributed by atoms with E-state index in [1.807, 2.05) is 42.5 Å². The second-order valence-corrected chi connectivity index (χ2v) is 5.69. The Balaban J connectivity index is 1.75. The summed E-state index contributed by atoms with van der Waals surface area (Å²) in [5, 5.41) is 7.97. The Labute approximate surface area is 141 Å². The number of carbonyl (C=O) groups excluding carboxylic acids is 2. The summed E-state index contributed by atoms with van der Waals surface area (Å²) in [6.45, 7) is 1.45. The number of hydrogen-bond donors (Lipinski definition) is 1. The Kier molecular flexibility index (Phi) is 4.96. The number of hydrogen-bond acceptors (Lipinski definition) is 3. The average molecular weight is 327 g/mol. The molecule has 0 aromatic heterocycles. The number of nitrogens with zero attached hydrogens (tertiary/aromatic N) is 2. The number of amides is 3. The predicted molar refractivity (Wildman–Crippen MR) is 92.5 cm³/mol. The molecule has 24 heavy (non-hydrogen) atoms. The summed E-state index contributed by atoms with van der Waals surface area (Å²) in [4.78, 5) is 24.8. The van der Waals surface area contributed by atoms with Gasteiger partial charge in [0.2, 0.25) is 5.91 Å². The normalized spacial score (nSPS) is 14.2. The molecule has 2 aromatic carbocycles. The van der Waals surface area contributed by atoms with Gasteiger partial charge in [-0.3, -0.25) is 4.79 Å². The van der Waals surface area contributed by atoms with Crippen LogP contribution in [0.25, 0.3) is 10.8 Å². The zero-order chi connectivity index (χ0) is 16.9. The van der Waals surface area contributed by atoms with Gasteiger partial charge in [0, 0.05) is 25.6 Å². The molecular weight excluding hydrogens is 306 g/mol. The van der Waals surface area contributed by atoms with Crippen molar-refractivity contribution < 1.29 is 14.3 Å². The molecule has 1 aliphatic rings. The zero-order valence-corrected chi connectivity index (χ0v) is 13.7. The first-order valence-corrected chi connectivity index (χ1v) is 8.06. The minimum atomic E-state index is -0.283. The van der Waals surface area contributed by atoms with E-state index in [0.29, 0.717) is 19.7 Å². The first kappa shape index (κ1) is 16.3. The van der Waals surface area contributed by atoms with E-state index in [4.69, 9.17) is 4.74 Å². The summed E-state index contributed by atoms with van der Waals surface area (Å²) in [7, 11) is 1.56. The molecule has 1 saturated heterocycles. The minimum absolute atomic E-state index is 0.0950. The maximum Gasteiger partial charge on any atom is 0.340 e. The summed E-state index contributed by atoms with van der Waals surface area (Å²) in [5.74, 6) is -0.0950. The second kappa shape index (κ2) is 7.31. The highest BCUT2D eigenvalue weighted by Crippen LogP contribution is 2.24. The van der Waals surface area contributed by atoms with Gasteiger partial charge in [0.1, 0.15) is 0 Å². The Bertz CT molecular complexity index is 742. The molecule has 1 aliphatic heterocycles. The molecule has 1 heterocycles. The molecule has 0 spiro atoms. The average Bonchev–Trinajstić information content (AvgIpc) is 3.10. The van der Waals surface area contributed by atoms with Crippen LogP contribution in [0.1, 0.15) is 12.8 Å². The van der Waals surface area contributed by atoms with Crippen LogP contribution in [-0.2, 0) is 9.53 Å². The van der Waals surface area contributed by atoms with E-state index < -0.39 is 0 Å². The Morgan fingerprint density at radius 3 is 2.67 bits per heavy atom. The fourth-order valence-electron chi connectivity index (χ4n) is 2.91. The van der Waals surface area contributed by atoms with Crippen LogP contribution in [0.5, 0.6) is 0 Å². The number of methoxy groups -OCH3 is 1. The van der Waals surface area contributed by atoms with Crippen molar-refractivity contribution in [2.45, 2.75) is 12.8 Å². The van der Waals surface area contributed by atoms with Gasteiger partial charge >= 0.3 is 6.03 Å². The van der Waals surface area contributed by atoms with Crippen LogP contribution in [-0.4, -0.2) is 48.8 Å². The molecule has 3 rings (SSSR count). The van der Waals surface area contributed by atoms with Gasteiger partial charge in [-0.15, -0.1) is 0 Å². The standard InChI is InChI=1S/C18H21N3O3/c1-24-13-10-17(22)20-11-5-12-21(20)18(23)19-16-9-4-7-14-6-2-3-8-15(14)16/h2-4,6-9H,5,10-13H2,1H3,(H,19,23). The van der Waals surface area contributed by atoms with Crippen molar-refractivity contribution in [3.63, 3.8) is 0 Å². The third kappa shape index (κ3) is 3.33. The number of benzene rings is 2. The third-order valence-electron chi connectivity index (χ3n) is 4.10. The summed E-state index contributed by atoms with van der Waals surface area (Å²) < 4.78 is 4.95. The number of urea groups is 1. The van der Waals surface area contributed by atoms with Gasteiger partial charge in [0.05, 0.1) is 18.7 Å². The number of hydrazine groups is 1. The molecule has 6 nitrogen and oxygen atoms in total. The van der Waals surface area contributed by atoms with Crippen LogP contribution in [0.3, 0.4) is 0 Å². The maximum atomic E-state index is 12.6. The van der Waals surface area contributed by atoms with Gasteiger partial charge in [-0.1, -0.05) is 36.4 Å². The number of fused-ring (bicyclic) bond motifs is 1. The number of anilines is 1. The molecule has 6 heteroatoms. The Morgan fingerprint density at radius 2 is 1.83 bits per heavy atom. The number of carbonyl (C=O) groups is 2. The van der Waals surface area contributed by atoms with Crippen molar-refractivity contribution in [3.8, 4) is 0 Å². The van der Waals surface area contributed by atoms with E-state index in [-0.39, 0.29) is 18.4 Å². The van der Waals surface area contributed by atoms with Crippen LogP contribution < -0.4 is 5.32 Å². The minimum Gasteiger partial charge on any atom is -0.384 e. The summed E-state index contributed by atoms with van der Waals surface area (Å²) in [6.07, 6.45) is 1.05. The molecule has 3 amide bonds. The molecule has 126 valence electrons. The number of nitrogens with one attached hydrogen (secondary N) is 1. The van der Waals surface area contributed by atoms with Crippen LogP contribution in [0, 0.1) is 0 Å². The van der Waals surface area contributed by atoms with E-state index in [2.05, 4.69) is 5.32 Å². The van der Waals surface area contributed by atoms with Crippen LogP contribution in [0.2, 0.25) is 0 Å². The Morgan fingerprint density at radius 1 is 1.08 bits per heavy atom. The topological polar surface area (TPSA) is 61.9 Å². The van der Waals surface area contributed by atoms with E-state index in [1.54, 1.807) is 7.11 Å². The van der Waals surface area contributed by atoms with Gasteiger partial charge in [-0.05, 0) is 17.9 Å². The van der Waals surface area contributed by atoms with E-state index in [1.165, 1.54) is 10.0 Å². The largest absolute Gasteiger partial charge is 0.384 e. The summed E-state index contributed by atoms with van der Waals surface area (Å²) in [5.41, 5.74) is 0.745. The molecule has 0 bridgehead atoms. The van der Waals surface area contributed by atoms with Crippen molar-refractivity contribution in [2.24, 2.45) is 0 Å². The van der Waals surface area contributed by atoms with Gasteiger partial charge < -0.3 is 10.1 Å². The van der Waals surface area contributed by atoms with Gasteiger partial charge in [-0.25, -0.2) is 14.8 Å². The molecule has 0 saturated carbocycles. The third-order valence-corrected chi connectivity index (χ3v) is 4.10. The van der Waals surface area contributed by atoms with E-state index in [9.17, 15) is 9.59 Å². The molecule has 1 fully saturated rings. The number of rotatable bonds is 4. The van der Waals surface area contributed by atoms with Crippen LogP contribution in [0.15, 0.2) is 42.5 Å². The first-order valence-electron chi connectivity index (χ1n) is 8.06. The van der Waals surface area contributed by atoms with Crippen molar-refractivity contribution in [1.82, 2.24) is 10.0 Å². The molecule has 0 aliphatic carbocycles. The van der Waals surface area contributed by atoms with Gasteiger partial charge in [0.25, 0.3) is 0 Å². The van der Waals surface area contributed by atoms with Crippen molar-refractivity contribution >= 4 is 28.4 Å². The molecule has 0 unspecified atom stereocenters. The van der Waals surface area contributed by atoms with Gasteiger partial charge in [0.15, 0.2) is 0 Å². The fourth-order valence-corrected chi connectivity index (χ4v) is 2.91. The second-order valence-electron chi connectivity index (χ2n) is 5.69. The highest BCUT2D eigenvalue weighted by Gasteiger charge is 2.30. The van der Waals surface area contributed by atoms with Crippen molar-refractivity contribution in [1.29, 1.82) is 0 Å². The summed E-state index contributed by atoms with van der Waals surface area (Å²) >= 11 is 0. The Hall–Kier alpha value is -2.60. The van der Waals surface area contributed by atoms with E-state index in [0.717, 1.165) is 22.9 Å². The molecule has 0 atom stereocenters. The first-order chi connectivity index (χ1) is 11.7. The smallest absolute Gasteiger partial charge is 0.340 e. The number of ether oxygens (including phenoxy) is 1. The zero-order valence-electron chi connectivity index (χ0n) is 13.7. The molecular formula is C18H21N3O3. The lowest BCUT2D eigenvalue weighted by molar-refractivity contribution is -0.140. The van der Waals surface area contributed by atoms with Crippen LogP contribution >= 0.6 is 0 Å². The lowest BCUT2D eigenvalue weighted by atomic mass is 10.1. The SMILES string of the molecule is COCCC(=O)N1CCCN1C(=O)Nc1cccc2ccccc12. The highest BCUT2D eigenvalue weighted by molar-refractivity contribution is 6.01. The molecule has 2 aromatic rings. The van der Waals surface area contributed by atoms with Crippen molar-refractivity contribution in [3.05, 3.63) is 42.5 Å². The predicted octanol–water partition coefficient (Wildman–Crippen LogP) is 2.86. The lowest BCUT2D eigenvalue weighted by Crippen LogP contribution is -2.47. The molecule has 0 radical (unpaired) electrons. The summed E-state index contributed by atoms with van der Waals surface area (Å²) in [6, 6.07) is 13.4. The highest BCUT2D eigenvalue weighted by atomic mass is 16.5.